The van der Waals surface area contributed by atoms with E-state index in [1.807, 2.05) is 32.0 Å². The number of aliphatic hydroxyl groups excluding tert-OH is 1. The van der Waals surface area contributed by atoms with E-state index >= 15 is 0 Å². The molecule has 0 fully saturated rings. The number of rotatable bonds is 3. The van der Waals surface area contributed by atoms with Gasteiger partial charge in [-0.15, -0.1) is 11.3 Å². The second-order valence-corrected chi connectivity index (χ2v) is 5.39. The zero-order valence-corrected chi connectivity index (χ0v) is 11.2. The summed E-state index contributed by atoms with van der Waals surface area (Å²) in [5.41, 5.74) is 2.79. The number of hydrogen-bond donors (Lipinski definition) is 1. The molecular formula is C14H17NOS. The van der Waals surface area contributed by atoms with Crippen LogP contribution in [0.1, 0.15) is 39.7 Å². The molecule has 0 saturated heterocycles. The van der Waals surface area contributed by atoms with Crippen molar-refractivity contribution in [2.75, 3.05) is 0 Å². The van der Waals surface area contributed by atoms with Crippen LogP contribution >= 0.6 is 11.3 Å². The highest BCUT2D eigenvalue weighted by Gasteiger charge is 2.15. The number of pyridine rings is 1. The molecule has 0 amide bonds. The van der Waals surface area contributed by atoms with E-state index in [0.717, 1.165) is 28.2 Å². The maximum Gasteiger partial charge on any atom is 0.115 e. The molecule has 1 atom stereocenters. The molecule has 90 valence electrons. The topological polar surface area (TPSA) is 33.1 Å². The van der Waals surface area contributed by atoms with Crippen molar-refractivity contribution in [2.45, 2.75) is 33.3 Å². The lowest BCUT2D eigenvalue weighted by Gasteiger charge is -2.11. The van der Waals surface area contributed by atoms with Crippen molar-refractivity contribution in [1.29, 1.82) is 0 Å². The van der Waals surface area contributed by atoms with E-state index in [9.17, 15) is 5.11 Å². The minimum atomic E-state index is -0.548. The van der Waals surface area contributed by atoms with Gasteiger partial charge < -0.3 is 5.11 Å². The van der Waals surface area contributed by atoms with Crippen molar-refractivity contribution in [3.8, 4) is 0 Å². The zero-order chi connectivity index (χ0) is 12.4. The molecule has 0 aromatic carbocycles. The van der Waals surface area contributed by atoms with Crippen LogP contribution in [0.25, 0.3) is 0 Å². The van der Waals surface area contributed by atoms with E-state index in [-0.39, 0.29) is 0 Å². The normalized spacial score (nSPS) is 12.7. The summed E-state index contributed by atoms with van der Waals surface area (Å²) in [4.78, 5) is 6.69. The number of thiophene rings is 1. The first-order chi connectivity index (χ1) is 8.11. The monoisotopic (exact) mass is 247 g/mol. The van der Waals surface area contributed by atoms with E-state index in [1.165, 1.54) is 4.88 Å². The lowest BCUT2D eigenvalue weighted by Crippen LogP contribution is -2.02. The minimum Gasteiger partial charge on any atom is -0.383 e. The molecule has 2 aromatic rings. The molecular weight excluding hydrogens is 230 g/mol. The fourth-order valence-electron chi connectivity index (χ4n) is 1.87. The second kappa shape index (κ2) is 4.98. The van der Waals surface area contributed by atoms with Gasteiger partial charge in [0, 0.05) is 26.7 Å². The molecule has 0 radical (unpaired) electrons. The highest BCUT2D eigenvalue weighted by Crippen LogP contribution is 2.29. The Balaban J connectivity index is 2.33. The predicted octanol–water partition coefficient (Wildman–Crippen LogP) is 3.40. The average molecular weight is 247 g/mol. The summed E-state index contributed by atoms with van der Waals surface area (Å²) in [5, 5.41) is 10.3. The highest BCUT2D eigenvalue weighted by molar-refractivity contribution is 7.12. The third-order valence-electron chi connectivity index (χ3n) is 2.86. The van der Waals surface area contributed by atoms with Gasteiger partial charge in [0.05, 0.1) is 0 Å². The molecule has 0 aliphatic rings. The molecule has 2 heterocycles. The van der Waals surface area contributed by atoms with Crippen molar-refractivity contribution in [3.05, 3.63) is 51.0 Å². The van der Waals surface area contributed by atoms with Gasteiger partial charge in [0.2, 0.25) is 0 Å². The Bertz CT molecular complexity index is 519. The average Bonchev–Trinajstić information content (AvgIpc) is 2.76. The van der Waals surface area contributed by atoms with Gasteiger partial charge in [-0.05, 0) is 38.5 Å². The molecule has 2 nitrogen and oxygen atoms in total. The highest BCUT2D eigenvalue weighted by atomic mass is 32.1. The van der Waals surface area contributed by atoms with Gasteiger partial charge in [-0.3, -0.25) is 4.98 Å². The van der Waals surface area contributed by atoms with Crippen molar-refractivity contribution >= 4 is 11.3 Å². The van der Waals surface area contributed by atoms with Crippen LogP contribution in [0.4, 0.5) is 0 Å². The van der Waals surface area contributed by atoms with E-state index < -0.39 is 6.10 Å². The van der Waals surface area contributed by atoms with Crippen LogP contribution in [0.15, 0.2) is 24.3 Å². The molecule has 1 N–H and O–H groups in total. The van der Waals surface area contributed by atoms with Crippen molar-refractivity contribution in [1.82, 2.24) is 4.98 Å². The Kier molecular flexibility index (Phi) is 3.60. The molecule has 0 aliphatic carbocycles. The van der Waals surface area contributed by atoms with Crippen LogP contribution < -0.4 is 0 Å². The standard InChI is InChI=1S/C14H17NOS/c1-4-11-6-8-13(17-11)14(16)12-7-5-9(2)15-10(12)3/h5-8,14,16H,4H2,1-3H3. The number of hydrogen-bond acceptors (Lipinski definition) is 3. The molecule has 2 aromatic heterocycles. The minimum absolute atomic E-state index is 0.548. The number of aliphatic hydroxyl groups is 1. The van der Waals surface area contributed by atoms with Gasteiger partial charge in [0.25, 0.3) is 0 Å². The van der Waals surface area contributed by atoms with Crippen LogP contribution in [0.5, 0.6) is 0 Å². The van der Waals surface area contributed by atoms with Gasteiger partial charge in [-0.1, -0.05) is 13.0 Å². The van der Waals surface area contributed by atoms with Crippen LogP contribution in [-0.2, 0) is 6.42 Å². The largest absolute Gasteiger partial charge is 0.383 e. The summed E-state index contributed by atoms with van der Waals surface area (Å²) >= 11 is 1.67. The number of aromatic nitrogens is 1. The van der Waals surface area contributed by atoms with Crippen molar-refractivity contribution in [2.24, 2.45) is 0 Å². The molecule has 0 spiro atoms. The van der Waals surface area contributed by atoms with Crippen LogP contribution in [0.2, 0.25) is 0 Å². The number of aryl methyl sites for hydroxylation is 3. The van der Waals surface area contributed by atoms with Gasteiger partial charge >= 0.3 is 0 Å². The molecule has 17 heavy (non-hydrogen) atoms. The Morgan fingerprint density at radius 1 is 1.24 bits per heavy atom. The smallest absolute Gasteiger partial charge is 0.115 e. The fourth-order valence-corrected chi connectivity index (χ4v) is 2.83. The van der Waals surface area contributed by atoms with Gasteiger partial charge in [0.15, 0.2) is 0 Å². The van der Waals surface area contributed by atoms with Gasteiger partial charge in [0.1, 0.15) is 6.10 Å². The SMILES string of the molecule is CCc1ccc(C(O)c2ccc(C)nc2C)s1. The third kappa shape index (κ3) is 2.56. The van der Waals surface area contributed by atoms with E-state index in [0.29, 0.717) is 0 Å². The van der Waals surface area contributed by atoms with Crippen LogP contribution in [-0.4, -0.2) is 10.1 Å². The summed E-state index contributed by atoms with van der Waals surface area (Å²) in [5.74, 6) is 0. The first kappa shape index (κ1) is 12.3. The first-order valence-corrected chi connectivity index (χ1v) is 6.64. The predicted molar refractivity (Wildman–Crippen MR) is 71.5 cm³/mol. The first-order valence-electron chi connectivity index (χ1n) is 5.82. The van der Waals surface area contributed by atoms with Gasteiger partial charge in [-0.2, -0.15) is 0 Å². The number of nitrogens with zero attached hydrogens (tertiary/aromatic N) is 1. The van der Waals surface area contributed by atoms with Crippen LogP contribution in [0.3, 0.4) is 0 Å². The van der Waals surface area contributed by atoms with E-state index in [1.54, 1.807) is 11.3 Å². The molecule has 3 heteroatoms. The molecule has 0 aliphatic heterocycles. The maximum absolute atomic E-state index is 10.3. The summed E-state index contributed by atoms with van der Waals surface area (Å²) in [6.45, 7) is 6.03. The molecule has 1 unspecified atom stereocenters. The Morgan fingerprint density at radius 2 is 2.00 bits per heavy atom. The summed E-state index contributed by atoms with van der Waals surface area (Å²) in [6, 6.07) is 8.00. The maximum atomic E-state index is 10.3. The quantitative estimate of drug-likeness (QED) is 0.901. The zero-order valence-electron chi connectivity index (χ0n) is 10.4. The van der Waals surface area contributed by atoms with E-state index in [4.69, 9.17) is 0 Å². The Hall–Kier alpha value is -1.19. The van der Waals surface area contributed by atoms with E-state index in [2.05, 4.69) is 18.0 Å². The fraction of sp³-hybridized carbons (Fsp3) is 0.357. The van der Waals surface area contributed by atoms with Crippen molar-refractivity contribution in [3.63, 3.8) is 0 Å². The van der Waals surface area contributed by atoms with Gasteiger partial charge in [-0.25, -0.2) is 0 Å². The summed E-state index contributed by atoms with van der Waals surface area (Å²) < 4.78 is 0. The summed E-state index contributed by atoms with van der Waals surface area (Å²) in [7, 11) is 0. The second-order valence-electron chi connectivity index (χ2n) is 4.19. The van der Waals surface area contributed by atoms with Crippen LogP contribution in [0, 0.1) is 13.8 Å². The lowest BCUT2D eigenvalue weighted by atomic mass is 10.1. The summed E-state index contributed by atoms with van der Waals surface area (Å²) in [6.07, 6.45) is 0.469. The molecule has 0 saturated carbocycles. The Labute approximate surface area is 106 Å². The molecule has 0 bridgehead atoms. The molecule has 2 rings (SSSR count). The van der Waals surface area contributed by atoms with Crippen molar-refractivity contribution < 1.29 is 5.11 Å². The Morgan fingerprint density at radius 3 is 2.59 bits per heavy atom. The third-order valence-corrected chi connectivity index (χ3v) is 4.14. The lowest BCUT2D eigenvalue weighted by molar-refractivity contribution is 0.223.